The predicted molar refractivity (Wildman–Crippen MR) is 130 cm³/mol. The lowest BCUT2D eigenvalue weighted by molar-refractivity contribution is -0.121. The summed E-state index contributed by atoms with van der Waals surface area (Å²) in [6.45, 7) is 5.41. The zero-order valence-electron chi connectivity index (χ0n) is 18.8. The Bertz CT molecular complexity index is 965. The first kappa shape index (κ1) is 22.3. The van der Waals surface area contributed by atoms with Gasteiger partial charge in [-0.3, -0.25) is 15.0 Å². The van der Waals surface area contributed by atoms with Crippen molar-refractivity contribution < 1.29 is 4.79 Å². The number of hydrogen-bond acceptors (Lipinski definition) is 3. The van der Waals surface area contributed by atoms with Crippen molar-refractivity contribution in [2.45, 2.75) is 38.4 Å². The van der Waals surface area contributed by atoms with Crippen molar-refractivity contribution in [2.24, 2.45) is 0 Å². The molecule has 1 saturated heterocycles. The topological polar surface area (TPSA) is 44.4 Å². The van der Waals surface area contributed by atoms with Crippen molar-refractivity contribution in [2.75, 3.05) is 19.6 Å². The number of benzene rings is 3. The normalized spacial score (nSPS) is 15.9. The maximum Gasteiger partial charge on any atom is 0.234 e. The lowest BCUT2D eigenvalue weighted by Crippen LogP contribution is -2.47. The molecule has 0 aromatic heterocycles. The SMILES string of the molecule is Cc1ccc([C@@H](NCC(=O)NC2CCN(Cc3ccccc3)CC2)c2ccccc2)cc1. The van der Waals surface area contributed by atoms with Crippen LogP contribution in [-0.2, 0) is 11.3 Å². The zero-order valence-corrected chi connectivity index (χ0v) is 18.8. The van der Waals surface area contributed by atoms with Crippen molar-refractivity contribution in [1.82, 2.24) is 15.5 Å². The molecule has 1 heterocycles. The van der Waals surface area contributed by atoms with Gasteiger partial charge in [0.05, 0.1) is 12.6 Å². The van der Waals surface area contributed by atoms with Crippen LogP contribution in [0, 0.1) is 6.92 Å². The van der Waals surface area contributed by atoms with E-state index in [4.69, 9.17) is 0 Å². The van der Waals surface area contributed by atoms with Crippen LogP contribution in [0.15, 0.2) is 84.9 Å². The monoisotopic (exact) mass is 427 g/mol. The number of rotatable bonds is 8. The fraction of sp³-hybridized carbons (Fsp3) is 0.321. The summed E-state index contributed by atoms with van der Waals surface area (Å²) >= 11 is 0. The molecule has 1 fully saturated rings. The first-order chi connectivity index (χ1) is 15.7. The van der Waals surface area contributed by atoms with Gasteiger partial charge in [0.1, 0.15) is 0 Å². The highest BCUT2D eigenvalue weighted by Crippen LogP contribution is 2.22. The fourth-order valence-corrected chi connectivity index (χ4v) is 4.38. The van der Waals surface area contributed by atoms with Crippen LogP contribution in [0.2, 0.25) is 0 Å². The van der Waals surface area contributed by atoms with Gasteiger partial charge in [0.15, 0.2) is 0 Å². The lowest BCUT2D eigenvalue weighted by Gasteiger charge is -2.32. The van der Waals surface area contributed by atoms with Gasteiger partial charge in [-0.05, 0) is 36.5 Å². The quantitative estimate of drug-likeness (QED) is 0.558. The fourth-order valence-electron chi connectivity index (χ4n) is 4.38. The van der Waals surface area contributed by atoms with Crippen LogP contribution in [0.4, 0.5) is 0 Å². The molecule has 1 aliphatic rings. The Kier molecular flexibility index (Phi) is 7.70. The van der Waals surface area contributed by atoms with E-state index < -0.39 is 0 Å². The molecule has 0 saturated carbocycles. The summed E-state index contributed by atoms with van der Waals surface area (Å²) < 4.78 is 0. The number of carbonyl (C=O) groups excluding carboxylic acids is 1. The minimum Gasteiger partial charge on any atom is -0.352 e. The Balaban J connectivity index is 1.28. The van der Waals surface area contributed by atoms with Gasteiger partial charge in [-0.15, -0.1) is 0 Å². The molecule has 32 heavy (non-hydrogen) atoms. The Labute approximate surface area is 191 Å². The van der Waals surface area contributed by atoms with Crippen LogP contribution >= 0.6 is 0 Å². The van der Waals surface area contributed by atoms with Gasteiger partial charge in [0.25, 0.3) is 0 Å². The summed E-state index contributed by atoms with van der Waals surface area (Å²) in [7, 11) is 0. The average molecular weight is 428 g/mol. The minimum atomic E-state index is -0.00438. The molecule has 4 rings (SSSR count). The molecule has 0 aliphatic carbocycles. The Morgan fingerprint density at radius 1 is 0.875 bits per heavy atom. The number of nitrogens with one attached hydrogen (secondary N) is 2. The van der Waals surface area contributed by atoms with E-state index in [9.17, 15) is 4.79 Å². The summed E-state index contributed by atoms with van der Waals surface area (Å²) in [5.41, 5.74) is 4.92. The highest BCUT2D eigenvalue weighted by Gasteiger charge is 2.21. The Hall–Kier alpha value is -2.95. The van der Waals surface area contributed by atoms with E-state index in [0.29, 0.717) is 6.54 Å². The van der Waals surface area contributed by atoms with Gasteiger partial charge in [-0.1, -0.05) is 90.5 Å². The van der Waals surface area contributed by atoms with Gasteiger partial charge in [0.2, 0.25) is 5.91 Å². The van der Waals surface area contributed by atoms with Gasteiger partial charge >= 0.3 is 0 Å². The summed E-state index contributed by atoms with van der Waals surface area (Å²) in [5, 5.41) is 6.72. The smallest absolute Gasteiger partial charge is 0.234 e. The van der Waals surface area contributed by atoms with Crippen molar-refractivity contribution in [3.8, 4) is 0 Å². The first-order valence-electron chi connectivity index (χ1n) is 11.6. The second-order valence-corrected chi connectivity index (χ2v) is 8.74. The van der Waals surface area contributed by atoms with Crippen molar-refractivity contribution in [3.05, 3.63) is 107 Å². The largest absolute Gasteiger partial charge is 0.352 e. The van der Waals surface area contributed by atoms with E-state index in [1.807, 2.05) is 18.2 Å². The van der Waals surface area contributed by atoms with Crippen molar-refractivity contribution in [1.29, 1.82) is 0 Å². The highest BCUT2D eigenvalue weighted by atomic mass is 16.2. The molecule has 1 atom stereocenters. The molecule has 1 amide bonds. The molecule has 4 heteroatoms. The number of aryl methyl sites for hydroxylation is 1. The second kappa shape index (κ2) is 11.1. The number of amides is 1. The van der Waals surface area contributed by atoms with Crippen molar-refractivity contribution >= 4 is 5.91 Å². The van der Waals surface area contributed by atoms with Crippen molar-refractivity contribution in [3.63, 3.8) is 0 Å². The minimum absolute atomic E-state index is 0.00438. The number of hydrogen-bond donors (Lipinski definition) is 2. The summed E-state index contributed by atoms with van der Waals surface area (Å²) in [6.07, 6.45) is 2.00. The van der Waals surface area contributed by atoms with Gasteiger partial charge in [-0.25, -0.2) is 0 Å². The van der Waals surface area contributed by atoms with E-state index in [1.165, 1.54) is 22.3 Å². The molecule has 0 bridgehead atoms. The maximum absolute atomic E-state index is 12.7. The highest BCUT2D eigenvalue weighted by molar-refractivity contribution is 5.78. The third-order valence-corrected chi connectivity index (χ3v) is 6.21. The van der Waals surface area contributed by atoms with E-state index in [2.05, 4.69) is 89.2 Å². The van der Waals surface area contributed by atoms with Crippen LogP contribution in [0.3, 0.4) is 0 Å². The molecular formula is C28H33N3O. The Morgan fingerprint density at radius 3 is 2.12 bits per heavy atom. The van der Waals surface area contributed by atoms with Crippen LogP contribution < -0.4 is 10.6 Å². The molecule has 3 aromatic rings. The van der Waals surface area contributed by atoms with E-state index in [0.717, 1.165) is 32.5 Å². The second-order valence-electron chi connectivity index (χ2n) is 8.74. The van der Waals surface area contributed by atoms with Gasteiger partial charge in [-0.2, -0.15) is 0 Å². The number of carbonyl (C=O) groups is 1. The molecular weight excluding hydrogens is 394 g/mol. The molecule has 3 aromatic carbocycles. The number of likely N-dealkylation sites (tertiary alicyclic amines) is 1. The average Bonchev–Trinajstić information content (AvgIpc) is 2.83. The molecule has 0 radical (unpaired) electrons. The molecule has 166 valence electrons. The van der Waals surface area contributed by atoms with Crippen LogP contribution in [0.1, 0.15) is 41.1 Å². The van der Waals surface area contributed by atoms with Gasteiger partial charge < -0.3 is 5.32 Å². The van der Waals surface area contributed by atoms with Crippen LogP contribution in [0.5, 0.6) is 0 Å². The van der Waals surface area contributed by atoms with E-state index in [1.54, 1.807) is 0 Å². The van der Waals surface area contributed by atoms with Crippen LogP contribution in [-0.4, -0.2) is 36.5 Å². The molecule has 1 aliphatic heterocycles. The first-order valence-corrected chi connectivity index (χ1v) is 11.6. The molecule has 4 nitrogen and oxygen atoms in total. The van der Waals surface area contributed by atoms with E-state index in [-0.39, 0.29) is 18.0 Å². The third-order valence-electron chi connectivity index (χ3n) is 6.21. The zero-order chi connectivity index (χ0) is 22.2. The molecule has 2 N–H and O–H groups in total. The third kappa shape index (κ3) is 6.28. The summed E-state index contributed by atoms with van der Waals surface area (Å²) in [6, 6.07) is 29.7. The van der Waals surface area contributed by atoms with E-state index >= 15 is 0 Å². The maximum atomic E-state index is 12.7. The summed E-state index contributed by atoms with van der Waals surface area (Å²) in [5.74, 6) is 0.0690. The predicted octanol–water partition coefficient (Wildman–Crippen LogP) is 4.45. The van der Waals surface area contributed by atoms with Crippen LogP contribution in [0.25, 0.3) is 0 Å². The van der Waals surface area contributed by atoms with Gasteiger partial charge in [0, 0.05) is 25.7 Å². The Morgan fingerprint density at radius 2 is 1.47 bits per heavy atom. The summed E-state index contributed by atoms with van der Waals surface area (Å²) in [4.78, 5) is 15.2. The lowest BCUT2D eigenvalue weighted by atomic mass is 9.98. The number of nitrogens with zero attached hydrogens (tertiary/aromatic N) is 1. The molecule has 0 spiro atoms. The molecule has 0 unspecified atom stereocenters. The standard InChI is InChI=1S/C28H33N3O/c1-22-12-14-25(15-13-22)28(24-10-6-3-7-11-24)29-20-27(32)30-26-16-18-31(19-17-26)21-23-8-4-2-5-9-23/h2-15,26,28-29H,16-21H2,1H3,(H,30,32)/t28-/m0/s1. The number of piperidine rings is 1.